The Labute approximate surface area is 116 Å². The van der Waals surface area contributed by atoms with Gasteiger partial charge in [0.15, 0.2) is 0 Å². The molecule has 0 unspecified atom stereocenters. The van der Waals surface area contributed by atoms with Gasteiger partial charge in [-0.2, -0.15) is 0 Å². The lowest BCUT2D eigenvalue weighted by Gasteiger charge is -2.37. The molecule has 1 fully saturated rings. The Morgan fingerprint density at radius 3 is 2.59 bits per heavy atom. The van der Waals surface area contributed by atoms with Gasteiger partial charge in [0.05, 0.1) is 12.2 Å². The van der Waals surface area contributed by atoms with Crippen molar-refractivity contribution in [1.29, 1.82) is 0 Å². The smallest absolute Gasteiger partial charge is 0.0726 e. The highest BCUT2D eigenvalue weighted by atomic mass is 79.9. The number of ether oxygens (including phenoxy) is 1. The molecule has 94 valence electrons. The molecular weight excluding hydrogens is 302 g/mol. The van der Waals surface area contributed by atoms with Crippen molar-refractivity contribution < 1.29 is 4.74 Å². The van der Waals surface area contributed by atoms with Gasteiger partial charge in [0.1, 0.15) is 0 Å². The second kappa shape index (κ2) is 5.59. The first-order valence-corrected chi connectivity index (χ1v) is 7.35. The van der Waals surface area contributed by atoms with E-state index in [1.807, 2.05) is 12.1 Å². The Bertz CT molecular complexity index is 389. The molecule has 0 bridgehead atoms. The average molecular weight is 319 g/mol. The molecule has 0 N–H and O–H groups in total. The van der Waals surface area contributed by atoms with E-state index >= 15 is 0 Å². The standard InChI is InChI=1S/C13H17BrClNO/c1-9-7-16(8-10(2)17-9)13-4-3-12(15)5-11(13)6-14/h3-5,9-10H,6-8H2,1-2H3/t9-,10+. The fraction of sp³-hybridized carbons (Fsp3) is 0.538. The molecule has 2 rings (SSSR count). The molecule has 2 nitrogen and oxygen atoms in total. The van der Waals surface area contributed by atoms with Gasteiger partial charge in [0.25, 0.3) is 0 Å². The number of anilines is 1. The molecule has 1 heterocycles. The first kappa shape index (κ1) is 13.2. The molecule has 4 heteroatoms. The van der Waals surface area contributed by atoms with Crippen LogP contribution < -0.4 is 4.90 Å². The van der Waals surface area contributed by atoms with Crippen LogP contribution in [0.3, 0.4) is 0 Å². The number of rotatable bonds is 2. The maximum Gasteiger partial charge on any atom is 0.0726 e. The molecular formula is C13H17BrClNO. The summed E-state index contributed by atoms with van der Waals surface area (Å²) in [7, 11) is 0. The Balaban J connectivity index is 2.26. The quantitative estimate of drug-likeness (QED) is 0.768. The van der Waals surface area contributed by atoms with Gasteiger partial charge < -0.3 is 9.64 Å². The third kappa shape index (κ3) is 3.15. The van der Waals surface area contributed by atoms with Crippen molar-refractivity contribution in [3.63, 3.8) is 0 Å². The van der Waals surface area contributed by atoms with E-state index in [0.717, 1.165) is 23.4 Å². The Kier molecular flexibility index (Phi) is 4.34. The van der Waals surface area contributed by atoms with E-state index < -0.39 is 0 Å². The predicted molar refractivity (Wildman–Crippen MR) is 76.3 cm³/mol. The van der Waals surface area contributed by atoms with E-state index in [0.29, 0.717) is 0 Å². The van der Waals surface area contributed by atoms with Crippen LogP contribution in [0.25, 0.3) is 0 Å². The number of nitrogens with zero attached hydrogens (tertiary/aromatic N) is 1. The molecule has 0 radical (unpaired) electrons. The number of halogens is 2. The molecule has 1 aliphatic rings. The fourth-order valence-corrected chi connectivity index (χ4v) is 2.99. The van der Waals surface area contributed by atoms with Gasteiger partial charge >= 0.3 is 0 Å². The van der Waals surface area contributed by atoms with Crippen molar-refractivity contribution >= 4 is 33.2 Å². The Morgan fingerprint density at radius 2 is 2.00 bits per heavy atom. The number of morpholine rings is 1. The van der Waals surface area contributed by atoms with Gasteiger partial charge in [0.2, 0.25) is 0 Å². The first-order chi connectivity index (χ1) is 8.10. The molecule has 2 atom stereocenters. The highest BCUT2D eigenvalue weighted by Gasteiger charge is 2.23. The van der Waals surface area contributed by atoms with Crippen molar-refractivity contribution in [1.82, 2.24) is 0 Å². The summed E-state index contributed by atoms with van der Waals surface area (Å²) < 4.78 is 5.76. The summed E-state index contributed by atoms with van der Waals surface area (Å²) in [6, 6.07) is 6.08. The van der Waals surface area contributed by atoms with Crippen LogP contribution in [0, 0.1) is 0 Å². The average Bonchev–Trinajstić information content (AvgIpc) is 2.27. The maximum atomic E-state index is 6.03. The van der Waals surface area contributed by atoms with E-state index in [2.05, 4.69) is 40.7 Å². The summed E-state index contributed by atoms with van der Waals surface area (Å²) >= 11 is 9.55. The van der Waals surface area contributed by atoms with Crippen LogP contribution in [0.2, 0.25) is 5.02 Å². The zero-order valence-corrected chi connectivity index (χ0v) is 12.5. The van der Waals surface area contributed by atoms with E-state index in [1.54, 1.807) is 0 Å². The van der Waals surface area contributed by atoms with Crippen molar-refractivity contribution in [2.24, 2.45) is 0 Å². The van der Waals surface area contributed by atoms with Crippen molar-refractivity contribution in [3.05, 3.63) is 28.8 Å². The molecule has 0 spiro atoms. The third-order valence-corrected chi connectivity index (χ3v) is 3.79. The molecule has 0 amide bonds. The van der Waals surface area contributed by atoms with Crippen LogP contribution in [-0.2, 0) is 10.1 Å². The topological polar surface area (TPSA) is 12.5 Å². The summed E-state index contributed by atoms with van der Waals surface area (Å²) in [5.41, 5.74) is 2.49. The van der Waals surface area contributed by atoms with Gasteiger partial charge in [-0.25, -0.2) is 0 Å². The first-order valence-electron chi connectivity index (χ1n) is 5.85. The number of hydrogen-bond donors (Lipinski definition) is 0. The maximum absolute atomic E-state index is 6.03. The lowest BCUT2D eigenvalue weighted by atomic mass is 10.1. The molecule has 0 aliphatic carbocycles. The Morgan fingerprint density at radius 1 is 1.35 bits per heavy atom. The zero-order valence-electron chi connectivity index (χ0n) is 10.1. The second-order valence-corrected chi connectivity index (χ2v) is 5.57. The monoisotopic (exact) mass is 317 g/mol. The largest absolute Gasteiger partial charge is 0.372 e. The minimum Gasteiger partial charge on any atom is -0.372 e. The summed E-state index contributed by atoms with van der Waals surface area (Å²) in [6.07, 6.45) is 0.551. The van der Waals surface area contributed by atoms with Crippen LogP contribution in [0.5, 0.6) is 0 Å². The lowest BCUT2D eigenvalue weighted by molar-refractivity contribution is -0.00524. The Hall–Kier alpha value is -0.250. The van der Waals surface area contributed by atoms with E-state index in [4.69, 9.17) is 16.3 Å². The van der Waals surface area contributed by atoms with E-state index in [1.165, 1.54) is 11.3 Å². The number of alkyl halides is 1. The normalized spacial score (nSPS) is 25.1. The van der Waals surface area contributed by atoms with Crippen LogP contribution >= 0.6 is 27.5 Å². The van der Waals surface area contributed by atoms with Crippen LogP contribution in [0.1, 0.15) is 19.4 Å². The fourth-order valence-electron chi connectivity index (χ4n) is 2.34. The van der Waals surface area contributed by atoms with Gasteiger partial charge in [-0.05, 0) is 37.6 Å². The number of benzene rings is 1. The summed E-state index contributed by atoms with van der Waals surface area (Å²) in [6.45, 7) is 6.11. The summed E-state index contributed by atoms with van der Waals surface area (Å²) in [5.74, 6) is 0. The number of hydrogen-bond acceptors (Lipinski definition) is 2. The van der Waals surface area contributed by atoms with Gasteiger partial charge in [-0.3, -0.25) is 0 Å². The van der Waals surface area contributed by atoms with Crippen molar-refractivity contribution in [2.45, 2.75) is 31.4 Å². The third-order valence-electron chi connectivity index (χ3n) is 2.95. The summed E-state index contributed by atoms with van der Waals surface area (Å²) in [4.78, 5) is 2.38. The van der Waals surface area contributed by atoms with Crippen LogP contribution in [-0.4, -0.2) is 25.3 Å². The van der Waals surface area contributed by atoms with E-state index in [-0.39, 0.29) is 12.2 Å². The molecule has 1 aliphatic heterocycles. The van der Waals surface area contributed by atoms with Gasteiger partial charge in [-0.1, -0.05) is 27.5 Å². The molecule has 0 aromatic heterocycles. The second-order valence-electron chi connectivity index (χ2n) is 4.57. The van der Waals surface area contributed by atoms with Crippen molar-refractivity contribution in [3.8, 4) is 0 Å². The van der Waals surface area contributed by atoms with Crippen LogP contribution in [0.15, 0.2) is 18.2 Å². The van der Waals surface area contributed by atoms with Crippen molar-refractivity contribution in [2.75, 3.05) is 18.0 Å². The highest BCUT2D eigenvalue weighted by Crippen LogP contribution is 2.28. The van der Waals surface area contributed by atoms with Gasteiger partial charge in [0, 0.05) is 29.1 Å². The zero-order chi connectivity index (χ0) is 12.4. The predicted octanol–water partition coefficient (Wildman–Crippen LogP) is 3.85. The summed E-state index contributed by atoms with van der Waals surface area (Å²) in [5, 5.41) is 1.61. The molecule has 1 aromatic carbocycles. The van der Waals surface area contributed by atoms with E-state index in [9.17, 15) is 0 Å². The van der Waals surface area contributed by atoms with Gasteiger partial charge in [-0.15, -0.1) is 0 Å². The minimum atomic E-state index is 0.276. The highest BCUT2D eigenvalue weighted by molar-refractivity contribution is 9.08. The van der Waals surface area contributed by atoms with Crippen LogP contribution in [0.4, 0.5) is 5.69 Å². The molecule has 1 saturated heterocycles. The molecule has 17 heavy (non-hydrogen) atoms. The minimum absolute atomic E-state index is 0.276. The molecule has 0 saturated carbocycles. The molecule has 1 aromatic rings. The SMILES string of the molecule is C[C@@H]1CN(c2ccc(Cl)cc2CBr)C[C@H](C)O1. The lowest BCUT2D eigenvalue weighted by Crippen LogP contribution is -2.45.